The SMILES string of the molecule is O=C1Nc2cc(Br)ccc2C1Nc1cc(Cl)ccc1F. The number of carbonyl (C=O) groups is 1. The van der Waals surface area contributed by atoms with Crippen molar-refractivity contribution in [3.05, 3.63) is 57.3 Å². The van der Waals surface area contributed by atoms with Crippen LogP contribution < -0.4 is 10.6 Å². The quantitative estimate of drug-likeness (QED) is 0.841. The first kappa shape index (κ1) is 13.4. The largest absolute Gasteiger partial charge is 0.368 e. The Balaban J connectivity index is 1.96. The summed E-state index contributed by atoms with van der Waals surface area (Å²) in [6, 6.07) is 9.01. The Bertz CT molecular complexity index is 708. The van der Waals surface area contributed by atoms with E-state index < -0.39 is 11.9 Å². The monoisotopic (exact) mass is 354 g/mol. The van der Waals surface area contributed by atoms with Crippen molar-refractivity contribution in [2.45, 2.75) is 6.04 Å². The molecule has 0 saturated carbocycles. The Morgan fingerprint density at radius 1 is 1.25 bits per heavy atom. The van der Waals surface area contributed by atoms with Crippen LogP contribution in [0.3, 0.4) is 0 Å². The first-order valence-corrected chi connectivity index (χ1v) is 7.03. The maximum Gasteiger partial charge on any atom is 0.251 e. The molecule has 3 rings (SSSR count). The predicted molar refractivity (Wildman–Crippen MR) is 80.5 cm³/mol. The predicted octanol–water partition coefficient (Wildman–Crippen LogP) is 4.35. The molecule has 0 fully saturated rings. The van der Waals surface area contributed by atoms with Crippen LogP contribution in [0.5, 0.6) is 0 Å². The van der Waals surface area contributed by atoms with Gasteiger partial charge in [0.1, 0.15) is 11.9 Å². The third-order valence-corrected chi connectivity index (χ3v) is 3.80. The van der Waals surface area contributed by atoms with Crippen molar-refractivity contribution in [1.82, 2.24) is 0 Å². The van der Waals surface area contributed by atoms with Crippen molar-refractivity contribution in [2.24, 2.45) is 0 Å². The Kier molecular flexibility index (Phi) is 3.40. The first-order valence-electron chi connectivity index (χ1n) is 5.86. The number of halogens is 3. The second-order valence-corrected chi connectivity index (χ2v) is 5.77. The van der Waals surface area contributed by atoms with Crippen molar-refractivity contribution < 1.29 is 9.18 Å². The zero-order chi connectivity index (χ0) is 14.3. The van der Waals surface area contributed by atoms with Gasteiger partial charge in [-0.15, -0.1) is 0 Å². The molecule has 1 aliphatic heterocycles. The number of hydrogen-bond donors (Lipinski definition) is 2. The van der Waals surface area contributed by atoms with Crippen molar-refractivity contribution in [2.75, 3.05) is 10.6 Å². The molecule has 2 aromatic carbocycles. The zero-order valence-electron chi connectivity index (χ0n) is 10.1. The Hall–Kier alpha value is -1.59. The van der Waals surface area contributed by atoms with E-state index in [1.165, 1.54) is 18.2 Å². The molecule has 2 N–H and O–H groups in total. The highest BCUT2D eigenvalue weighted by Gasteiger charge is 2.31. The smallest absolute Gasteiger partial charge is 0.251 e. The molecule has 0 bridgehead atoms. The molecule has 1 atom stereocenters. The zero-order valence-corrected chi connectivity index (χ0v) is 12.4. The fraction of sp³-hybridized carbons (Fsp3) is 0.0714. The van der Waals surface area contributed by atoms with Crippen molar-refractivity contribution >= 4 is 44.8 Å². The Morgan fingerprint density at radius 2 is 2.05 bits per heavy atom. The summed E-state index contributed by atoms with van der Waals surface area (Å²) >= 11 is 9.19. The molecule has 1 unspecified atom stereocenters. The minimum Gasteiger partial charge on any atom is -0.368 e. The lowest BCUT2D eigenvalue weighted by Crippen LogP contribution is -2.20. The number of amides is 1. The van der Waals surface area contributed by atoms with Gasteiger partial charge in [-0.1, -0.05) is 33.6 Å². The molecule has 1 heterocycles. The van der Waals surface area contributed by atoms with Gasteiger partial charge < -0.3 is 10.6 Å². The van der Waals surface area contributed by atoms with Gasteiger partial charge >= 0.3 is 0 Å². The highest BCUT2D eigenvalue weighted by molar-refractivity contribution is 9.10. The average Bonchev–Trinajstić information content (AvgIpc) is 2.69. The second kappa shape index (κ2) is 5.07. The molecule has 3 nitrogen and oxygen atoms in total. The van der Waals surface area contributed by atoms with Crippen LogP contribution in [0.2, 0.25) is 5.02 Å². The van der Waals surface area contributed by atoms with E-state index in [1.807, 2.05) is 18.2 Å². The van der Waals surface area contributed by atoms with E-state index in [9.17, 15) is 9.18 Å². The molecule has 20 heavy (non-hydrogen) atoms. The summed E-state index contributed by atoms with van der Waals surface area (Å²) in [6.45, 7) is 0. The average molecular weight is 356 g/mol. The van der Waals surface area contributed by atoms with Crippen LogP contribution in [-0.2, 0) is 4.79 Å². The van der Waals surface area contributed by atoms with Crippen LogP contribution in [0.25, 0.3) is 0 Å². The maximum absolute atomic E-state index is 13.7. The summed E-state index contributed by atoms with van der Waals surface area (Å²) in [5, 5.41) is 6.05. The van der Waals surface area contributed by atoms with E-state index in [0.717, 1.165) is 10.0 Å². The lowest BCUT2D eigenvalue weighted by molar-refractivity contribution is -0.116. The third-order valence-electron chi connectivity index (χ3n) is 3.07. The molecule has 0 aliphatic carbocycles. The minimum absolute atomic E-state index is 0.202. The second-order valence-electron chi connectivity index (χ2n) is 4.42. The maximum atomic E-state index is 13.7. The number of rotatable bonds is 2. The summed E-state index contributed by atoms with van der Waals surface area (Å²) in [5.74, 6) is -0.676. The standard InChI is InChI=1S/C14H9BrClFN2O/c15-7-1-3-9-11(5-7)19-14(20)13(9)18-12-6-8(16)2-4-10(12)17/h1-6,13,18H,(H,19,20). The number of hydrogen-bond acceptors (Lipinski definition) is 2. The normalized spacial score (nSPS) is 16.8. The van der Waals surface area contributed by atoms with Gasteiger partial charge in [-0.05, 0) is 30.3 Å². The van der Waals surface area contributed by atoms with E-state index >= 15 is 0 Å². The fourth-order valence-electron chi connectivity index (χ4n) is 2.14. The van der Waals surface area contributed by atoms with Gasteiger partial charge in [0.2, 0.25) is 0 Å². The van der Waals surface area contributed by atoms with Crippen LogP contribution in [0.4, 0.5) is 15.8 Å². The van der Waals surface area contributed by atoms with Gasteiger partial charge in [0.05, 0.1) is 5.69 Å². The van der Waals surface area contributed by atoms with E-state index in [2.05, 4.69) is 26.6 Å². The molecule has 1 amide bonds. The van der Waals surface area contributed by atoms with E-state index in [1.54, 1.807) is 0 Å². The molecule has 0 spiro atoms. The van der Waals surface area contributed by atoms with Gasteiger partial charge in [0.25, 0.3) is 5.91 Å². The first-order chi connectivity index (χ1) is 9.54. The van der Waals surface area contributed by atoms with Gasteiger partial charge in [-0.25, -0.2) is 4.39 Å². The van der Waals surface area contributed by atoms with Crippen LogP contribution in [0.1, 0.15) is 11.6 Å². The van der Waals surface area contributed by atoms with E-state index in [4.69, 9.17) is 11.6 Å². The number of nitrogens with one attached hydrogen (secondary N) is 2. The lowest BCUT2D eigenvalue weighted by Gasteiger charge is -2.14. The molecule has 102 valence electrons. The summed E-state index contributed by atoms with van der Waals surface area (Å²) in [6.07, 6.45) is 0. The van der Waals surface area contributed by atoms with Gasteiger partial charge in [0, 0.05) is 20.7 Å². The molecule has 0 radical (unpaired) electrons. The van der Waals surface area contributed by atoms with Crippen LogP contribution in [0, 0.1) is 5.82 Å². The summed E-state index contributed by atoms with van der Waals surface area (Å²) in [5.41, 5.74) is 1.69. The summed E-state index contributed by atoms with van der Waals surface area (Å²) < 4.78 is 14.6. The topological polar surface area (TPSA) is 41.1 Å². The van der Waals surface area contributed by atoms with Crippen LogP contribution in [-0.4, -0.2) is 5.91 Å². The lowest BCUT2D eigenvalue weighted by atomic mass is 10.1. The van der Waals surface area contributed by atoms with Crippen molar-refractivity contribution in [1.29, 1.82) is 0 Å². The van der Waals surface area contributed by atoms with Gasteiger partial charge in [0.15, 0.2) is 0 Å². The minimum atomic E-state index is -0.633. The molecule has 2 aromatic rings. The number of carbonyl (C=O) groups excluding carboxylic acids is 1. The summed E-state index contributed by atoms with van der Waals surface area (Å²) in [4.78, 5) is 12.0. The third kappa shape index (κ3) is 2.39. The Labute approximate surface area is 128 Å². The number of benzene rings is 2. The summed E-state index contributed by atoms with van der Waals surface area (Å²) in [7, 11) is 0. The highest BCUT2D eigenvalue weighted by Crippen LogP contribution is 2.35. The molecule has 6 heteroatoms. The Morgan fingerprint density at radius 3 is 2.85 bits per heavy atom. The molecule has 0 aromatic heterocycles. The van der Waals surface area contributed by atoms with Crippen LogP contribution >= 0.6 is 27.5 Å². The molecular weight excluding hydrogens is 347 g/mol. The molecular formula is C14H9BrClFN2O. The van der Waals surface area contributed by atoms with Crippen LogP contribution in [0.15, 0.2) is 40.9 Å². The highest BCUT2D eigenvalue weighted by atomic mass is 79.9. The number of anilines is 2. The van der Waals surface area contributed by atoms with E-state index in [-0.39, 0.29) is 11.6 Å². The van der Waals surface area contributed by atoms with Gasteiger partial charge in [-0.3, -0.25) is 4.79 Å². The number of fused-ring (bicyclic) bond motifs is 1. The fourth-order valence-corrected chi connectivity index (χ4v) is 2.67. The van der Waals surface area contributed by atoms with Gasteiger partial charge in [-0.2, -0.15) is 0 Å². The molecule has 0 saturated heterocycles. The van der Waals surface area contributed by atoms with Crippen molar-refractivity contribution in [3.8, 4) is 0 Å². The van der Waals surface area contributed by atoms with Crippen molar-refractivity contribution in [3.63, 3.8) is 0 Å². The van der Waals surface area contributed by atoms with E-state index in [0.29, 0.717) is 10.7 Å². The molecule has 1 aliphatic rings.